The van der Waals surface area contributed by atoms with Gasteiger partial charge in [-0.15, -0.1) is 0 Å². The molecule has 0 amide bonds. The van der Waals surface area contributed by atoms with E-state index in [1.807, 2.05) is 0 Å². The van der Waals surface area contributed by atoms with Gasteiger partial charge in [0.15, 0.2) is 0 Å². The largest absolute Gasteiger partial charge is 0.491 e. The van der Waals surface area contributed by atoms with E-state index in [-0.39, 0.29) is 0 Å². The average molecular weight is 320 g/mol. The Kier molecular flexibility index (Phi) is 4.91. The van der Waals surface area contributed by atoms with Crippen LogP contribution in [-0.2, 0) is 9.47 Å². The topological polar surface area (TPSA) is 27.7 Å². The Balaban J connectivity index is 2.00. The highest BCUT2D eigenvalue weighted by Crippen LogP contribution is 2.56. The molecule has 2 aromatic carbocycles. The van der Waals surface area contributed by atoms with Gasteiger partial charge in [-0.05, 0) is 28.7 Å². The van der Waals surface area contributed by atoms with Gasteiger partial charge in [0.2, 0.25) is 0 Å². The zero-order valence-corrected chi connectivity index (χ0v) is 14.2. The summed E-state index contributed by atoms with van der Waals surface area (Å²) in [4.78, 5) is 1.49. The number of rotatable bonds is 5. The third kappa shape index (κ3) is 3.09. The third-order valence-corrected chi connectivity index (χ3v) is 7.83. The van der Waals surface area contributed by atoms with Gasteiger partial charge in [-0.25, -0.2) is 10.0 Å². The zero-order chi connectivity index (χ0) is 15.4. The molecule has 1 aliphatic heterocycles. The quantitative estimate of drug-likeness (QED) is 0.787. The molecule has 0 radical (unpaired) electrons. The van der Waals surface area contributed by atoms with E-state index in [1.165, 1.54) is 15.7 Å². The second-order valence-corrected chi connectivity index (χ2v) is 9.55. The van der Waals surface area contributed by atoms with Gasteiger partial charge in [0, 0.05) is 24.0 Å². The van der Waals surface area contributed by atoms with Gasteiger partial charge in [0.25, 0.3) is 0 Å². The van der Waals surface area contributed by atoms with Crippen LogP contribution in [0.3, 0.4) is 0 Å². The summed E-state index contributed by atoms with van der Waals surface area (Å²) < 4.78 is 16.5. The molecule has 0 saturated carbocycles. The first-order valence-electron chi connectivity index (χ1n) is 7.69. The Bertz CT molecular complexity index is 635. The van der Waals surface area contributed by atoms with Gasteiger partial charge >= 0.3 is 0 Å². The molecule has 1 fully saturated rings. The molecule has 0 aliphatic carbocycles. The van der Waals surface area contributed by atoms with Crippen molar-refractivity contribution in [3.05, 3.63) is 36.4 Å². The second-order valence-electron chi connectivity index (χ2n) is 5.74. The van der Waals surface area contributed by atoms with E-state index >= 15 is 0 Å². The zero-order valence-electron chi connectivity index (χ0n) is 13.3. The predicted molar refractivity (Wildman–Crippen MR) is 93.7 cm³/mol. The number of hydrogen-bond donors (Lipinski definition) is 0. The van der Waals surface area contributed by atoms with Gasteiger partial charge < -0.3 is 14.2 Å². The molecule has 0 bridgehead atoms. The van der Waals surface area contributed by atoms with Crippen LogP contribution in [0.2, 0.25) is 0 Å². The first-order chi connectivity index (χ1) is 10.7. The lowest BCUT2D eigenvalue weighted by Crippen LogP contribution is -2.23. The van der Waals surface area contributed by atoms with Crippen molar-refractivity contribution in [1.82, 2.24) is 0 Å². The highest BCUT2D eigenvalue weighted by Gasteiger charge is 2.26. The maximum atomic E-state index is 5.89. The molecule has 0 aromatic heterocycles. The van der Waals surface area contributed by atoms with Crippen LogP contribution in [0.4, 0.5) is 0 Å². The lowest BCUT2D eigenvalue weighted by molar-refractivity contribution is 0.147. The molecule has 2 aromatic rings. The van der Waals surface area contributed by atoms with Crippen molar-refractivity contribution in [3.8, 4) is 5.75 Å². The Labute approximate surface area is 133 Å². The lowest BCUT2D eigenvalue weighted by Gasteiger charge is -2.40. The van der Waals surface area contributed by atoms with Crippen molar-refractivity contribution in [3.63, 3.8) is 0 Å². The summed E-state index contributed by atoms with van der Waals surface area (Å²) in [5.41, 5.74) is 0. The molecule has 1 heterocycles. The molecule has 0 atom stereocenters. The predicted octanol–water partition coefficient (Wildman–Crippen LogP) is 3.69. The fourth-order valence-electron chi connectivity index (χ4n) is 2.94. The van der Waals surface area contributed by atoms with Crippen LogP contribution >= 0.6 is 10.0 Å². The minimum absolute atomic E-state index is 0.581. The number of benzene rings is 2. The van der Waals surface area contributed by atoms with Crippen molar-refractivity contribution in [1.29, 1.82) is 0 Å². The van der Waals surface area contributed by atoms with E-state index in [1.54, 1.807) is 7.11 Å². The maximum Gasteiger partial charge on any atom is 0.127 e. The monoisotopic (exact) mass is 320 g/mol. The Morgan fingerprint density at radius 2 is 1.73 bits per heavy atom. The third-order valence-electron chi connectivity index (χ3n) is 4.28. The highest BCUT2D eigenvalue weighted by molar-refractivity contribution is 8.33. The van der Waals surface area contributed by atoms with Gasteiger partial charge in [0.05, 0.1) is 19.8 Å². The molecule has 0 N–H and O–H groups in total. The Morgan fingerprint density at radius 3 is 2.45 bits per heavy atom. The van der Waals surface area contributed by atoms with Gasteiger partial charge in [-0.2, -0.15) is 0 Å². The smallest absolute Gasteiger partial charge is 0.127 e. The fraction of sp³-hybridized carbons (Fsp3) is 0.444. The molecule has 1 saturated heterocycles. The van der Waals surface area contributed by atoms with Crippen molar-refractivity contribution in [2.45, 2.75) is 4.90 Å². The van der Waals surface area contributed by atoms with Crippen LogP contribution in [-0.4, -0.2) is 51.3 Å². The van der Waals surface area contributed by atoms with E-state index in [9.17, 15) is 0 Å². The number of fused-ring (bicyclic) bond motifs is 1. The van der Waals surface area contributed by atoms with Crippen LogP contribution in [0.1, 0.15) is 0 Å². The van der Waals surface area contributed by atoms with Crippen LogP contribution in [0.5, 0.6) is 5.75 Å². The standard InChI is InChI=1S/C18H24O3S/c1-19-9-10-21-17-7-8-18(16-6-4-3-5-15(16)17)22(2)13-11-20-12-14-22/h3-8H,9-14H2,1-2H3. The van der Waals surface area contributed by atoms with Gasteiger partial charge in [-0.1, -0.05) is 24.3 Å². The number of ether oxygens (including phenoxy) is 3. The van der Waals surface area contributed by atoms with Crippen molar-refractivity contribution < 1.29 is 14.2 Å². The van der Waals surface area contributed by atoms with E-state index < -0.39 is 10.0 Å². The molecule has 22 heavy (non-hydrogen) atoms. The molecule has 4 heteroatoms. The summed E-state index contributed by atoms with van der Waals surface area (Å²) in [5.74, 6) is 3.26. The maximum absolute atomic E-state index is 5.89. The summed E-state index contributed by atoms with van der Waals surface area (Å²) in [6, 6.07) is 13.0. The Morgan fingerprint density at radius 1 is 1.00 bits per heavy atom. The van der Waals surface area contributed by atoms with Crippen molar-refractivity contribution in [2.75, 3.05) is 51.3 Å². The summed E-state index contributed by atoms with van der Waals surface area (Å²) >= 11 is 0. The molecule has 3 nitrogen and oxygen atoms in total. The first-order valence-corrected chi connectivity index (χ1v) is 10.1. The minimum Gasteiger partial charge on any atom is -0.491 e. The first kappa shape index (κ1) is 15.7. The van der Waals surface area contributed by atoms with E-state index in [0.29, 0.717) is 13.2 Å². The van der Waals surface area contributed by atoms with Crippen LogP contribution in [0.15, 0.2) is 41.3 Å². The molecular formula is C18H24O3S. The summed E-state index contributed by atoms with van der Waals surface area (Å²) in [5, 5.41) is 2.54. The van der Waals surface area contributed by atoms with E-state index in [2.05, 4.69) is 42.7 Å². The summed E-state index contributed by atoms with van der Waals surface area (Å²) in [6.07, 6.45) is 2.43. The number of methoxy groups -OCH3 is 1. The van der Waals surface area contributed by atoms with Crippen molar-refractivity contribution >= 4 is 20.8 Å². The van der Waals surface area contributed by atoms with Crippen LogP contribution in [0, 0.1) is 0 Å². The molecular weight excluding hydrogens is 296 g/mol. The fourth-order valence-corrected chi connectivity index (χ4v) is 5.66. The normalized spacial score (nSPS) is 19.0. The lowest BCUT2D eigenvalue weighted by atomic mass is 10.1. The summed E-state index contributed by atoms with van der Waals surface area (Å²) in [7, 11) is 0.902. The van der Waals surface area contributed by atoms with E-state index in [0.717, 1.165) is 30.5 Å². The second kappa shape index (κ2) is 6.90. The van der Waals surface area contributed by atoms with Crippen LogP contribution < -0.4 is 4.74 Å². The van der Waals surface area contributed by atoms with Crippen molar-refractivity contribution in [2.24, 2.45) is 0 Å². The molecule has 0 spiro atoms. The van der Waals surface area contributed by atoms with E-state index in [4.69, 9.17) is 14.2 Å². The molecule has 3 rings (SSSR count). The SMILES string of the molecule is COCCOc1ccc(S2(C)CCOCC2)c2ccccc12. The minimum atomic E-state index is -0.793. The summed E-state index contributed by atoms with van der Waals surface area (Å²) in [6.45, 7) is 2.95. The Hall–Kier alpha value is -1.23. The van der Waals surface area contributed by atoms with Crippen LogP contribution in [0.25, 0.3) is 10.8 Å². The number of hydrogen-bond acceptors (Lipinski definition) is 3. The molecule has 120 valence electrons. The van der Waals surface area contributed by atoms with Gasteiger partial charge in [-0.3, -0.25) is 0 Å². The average Bonchev–Trinajstić information content (AvgIpc) is 2.55. The molecule has 1 aliphatic rings. The molecule has 0 unspecified atom stereocenters. The van der Waals surface area contributed by atoms with Gasteiger partial charge in [0.1, 0.15) is 12.4 Å². The highest BCUT2D eigenvalue weighted by atomic mass is 32.3.